The minimum atomic E-state index is -4.28. The number of ether oxygens (including phenoxy) is 1. The average Bonchev–Trinajstić information content (AvgIpc) is 2.80. The molecule has 0 radical (unpaired) electrons. The number of hydrogen-bond acceptors (Lipinski definition) is 7. The molecule has 0 aliphatic heterocycles. The second kappa shape index (κ2) is 10.1. The molecule has 0 aromatic heterocycles. The maximum absolute atomic E-state index is 12.8. The zero-order valence-corrected chi connectivity index (χ0v) is 18.8. The largest absolute Gasteiger partial charge is 0.494 e. The fourth-order valence-corrected chi connectivity index (χ4v) is 4.03. The lowest BCUT2D eigenvalue weighted by atomic mass is 10.1. The summed E-state index contributed by atoms with van der Waals surface area (Å²) in [7, 11) is -2.63. The highest BCUT2D eigenvalue weighted by Gasteiger charge is 2.20. The number of amides is 1. The lowest BCUT2D eigenvalue weighted by Gasteiger charge is -2.19. The van der Waals surface area contributed by atoms with Gasteiger partial charge in [0.05, 0.1) is 11.5 Å². The Bertz CT molecular complexity index is 1260. The predicted octanol–water partition coefficient (Wildman–Crippen LogP) is 4.03. The average molecular weight is 471 g/mol. The summed E-state index contributed by atoms with van der Waals surface area (Å²) in [6.45, 7) is 2.72. The lowest BCUT2D eigenvalue weighted by Crippen LogP contribution is -2.26. The van der Waals surface area contributed by atoms with Crippen molar-refractivity contribution in [3.8, 4) is 11.5 Å². The third kappa shape index (κ3) is 5.86. The van der Waals surface area contributed by atoms with Gasteiger partial charge in [0.15, 0.2) is 0 Å². The van der Waals surface area contributed by atoms with Crippen molar-refractivity contribution in [1.29, 1.82) is 0 Å². The van der Waals surface area contributed by atoms with E-state index in [0.717, 1.165) is 11.6 Å². The summed E-state index contributed by atoms with van der Waals surface area (Å²) in [5.41, 5.74) is 0.833. The standard InChI is InChI=1S/C23H22N2O7S/c1-3-31-22-10-5-4-7-18(22)16-24(2)23(26)17-11-13-20(14-12-17)32-33(29,30)21-9-6-8-19(15-21)25(27)28/h4-15H,3,16H2,1-2H3. The van der Waals surface area contributed by atoms with Crippen molar-refractivity contribution in [1.82, 2.24) is 4.90 Å². The first-order valence-corrected chi connectivity index (χ1v) is 11.4. The summed E-state index contributed by atoms with van der Waals surface area (Å²) in [5.74, 6) is 0.409. The molecule has 172 valence electrons. The van der Waals surface area contributed by atoms with Gasteiger partial charge in [0.25, 0.3) is 11.6 Å². The highest BCUT2D eigenvalue weighted by Crippen LogP contribution is 2.24. The maximum Gasteiger partial charge on any atom is 0.339 e. The predicted molar refractivity (Wildman–Crippen MR) is 121 cm³/mol. The van der Waals surface area contributed by atoms with E-state index in [4.69, 9.17) is 8.92 Å². The van der Waals surface area contributed by atoms with Gasteiger partial charge in [-0.05, 0) is 43.3 Å². The molecule has 0 bridgehead atoms. The first kappa shape index (κ1) is 23.7. The molecule has 0 aliphatic carbocycles. The Labute approximate surface area is 191 Å². The summed E-state index contributed by atoms with van der Waals surface area (Å²) in [4.78, 5) is 24.2. The Morgan fingerprint density at radius 2 is 1.73 bits per heavy atom. The summed E-state index contributed by atoms with van der Waals surface area (Å²) >= 11 is 0. The molecule has 0 heterocycles. The van der Waals surface area contributed by atoms with Gasteiger partial charge >= 0.3 is 10.1 Å². The Balaban J connectivity index is 1.71. The molecule has 9 nitrogen and oxygen atoms in total. The van der Waals surface area contributed by atoms with Gasteiger partial charge < -0.3 is 13.8 Å². The number of nitrogens with zero attached hydrogens (tertiary/aromatic N) is 2. The van der Waals surface area contributed by atoms with Crippen molar-refractivity contribution in [3.63, 3.8) is 0 Å². The Hall–Kier alpha value is -3.92. The van der Waals surface area contributed by atoms with Crippen LogP contribution in [0.3, 0.4) is 0 Å². The molecule has 33 heavy (non-hydrogen) atoms. The maximum atomic E-state index is 12.8. The Kier molecular flexibility index (Phi) is 7.29. The minimum Gasteiger partial charge on any atom is -0.494 e. The van der Waals surface area contributed by atoms with Crippen molar-refractivity contribution in [2.24, 2.45) is 0 Å². The van der Waals surface area contributed by atoms with Crippen LogP contribution >= 0.6 is 0 Å². The van der Waals surface area contributed by atoms with Crippen LogP contribution in [0.1, 0.15) is 22.8 Å². The molecule has 0 unspecified atom stereocenters. The van der Waals surface area contributed by atoms with Gasteiger partial charge in [-0.25, -0.2) is 0 Å². The number of nitro groups is 1. The second-order valence-electron chi connectivity index (χ2n) is 7.02. The van der Waals surface area contributed by atoms with Gasteiger partial charge in [0.1, 0.15) is 16.4 Å². The summed E-state index contributed by atoms with van der Waals surface area (Å²) < 4.78 is 35.6. The SMILES string of the molecule is CCOc1ccccc1CN(C)C(=O)c1ccc(OS(=O)(=O)c2cccc([N+](=O)[O-])c2)cc1. The molecule has 1 amide bonds. The lowest BCUT2D eigenvalue weighted by molar-refractivity contribution is -0.385. The molecular formula is C23H22N2O7S. The zero-order chi connectivity index (χ0) is 24.0. The molecule has 10 heteroatoms. The number of benzene rings is 3. The van der Waals surface area contributed by atoms with Crippen LogP contribution in [-0.2, 0) is 16.7 Å². The fraction of sp³-hybridized carbons (Fsp3) is 0.174. The van der Waals surface area contributed by atoms with Crippen molar-refractivity contribution in [3.05, 3.63) is 94.0 Å². The molecule has 0 atom stereocenters. The quantitative estimate of drug-likeness (QED) is 0.263. The molecule has 0 aliphatic rings. The van der Waals surface area contributed by atoms with E-state index in [-0.39, 0.29) is 22.2 Å². The number of non-ortho nitro benzene ring substituents is 1. The van der Waals surface area contributed by atoms with Gasteiger partial charge in [-0.1, -0.05) is 24.3 Å². The Morgan fingerprint density at radius 1 is 1.03 bits per heavy atom. The van der Waals surface area contributed by atoms with Gasteiger partial charge in [-0.2, -0.15) is 8.42 Å². The van der Waals surface area contributed by atoms with E-state index >= 15 is 0 Å². The van der Waals surface area contributed by atoms with Crippen molar-refractivity contribution >= 4 is 21.7 Å². The first-order chi connectivity index (χ1) is 15.7. The topological polar surface area (TPSA) is 116 Å². The molecular weight excluding hydrogens is 448 g/mol. The first-order valence-electron chi connectivity index (χ1n) is 9.96. The van der Waals surface area contributed by atoms with Gasteiger partial charge in [-0.3, -0.25) is 14.9 Å². The third-order valence-electron chi connectivity index (χ3n) is 4.65. The fourth-order valence-electron chi connectivity index (χ4n) is 3.06. The summed E-state index contributed by atoms with van der Waals surface area (Å²) in [6, 6.07) is 17.6. The Morgan fingerprint density at radius 3 is 2.39 bits per heavy atom. The van der Waals surface area contributed by atoms with Crippen LogP contribution < -0.4 is 8.92 Å². The van der Waals surface area contributed by atoms with Gasteiger partial charge in [-0.15, -0.1) is 0 Å². The van der Waals surface area contributed by atoms with E-state index in [1.54, 1.807) is 7.05 Å². The minimum absolute atomic E-state index is 0.0256. The molecule has 0 saturated heterocycles. The van der Waals surface area contributed by atoms with E-state index in [2.05, 4.69) is 0 Å². The second-order valence-corrected chi connectivity index (χ2v) is 8.56. The van der Waals surface area contributed by atoms with Gasteiger partial charge in [0, 0.05) is 36.9 Å². The van der Waals surface area contributed by atoms with E-state index in [9.17, 15) is 23.3 Å². The molecule has 0 saturated carbocycles. The summed E-state index contributed by atoms with van der Waals surface area (Å²) in [6.07, 6.45) is 0. The van der Waals surface area contributed by atoms with E-state index < -0.39 is 15.0 Å². The van der Waals surface area contributed by atoms with Crippen molar-refractivity contribution in [2.75, 3.05) is 13.7 Å². The molecule has 3 aromatic rings. The van der Waals surface area contributed by atoms with Crippen molar-refractivity contribution in [2.45, 2.75) is 18.4 Å². The number of rotatable bonds is 9. The van der Waals surface area contributed by atoms with Crippen LogP contribution in [0.25, 0.3) is 0 Å². The van der Waals surface area contributed by atoms with E-state index in [0.29, 0.717) is 24.5 Å². The molecule has 0 N–H and O–H groups in total. The van der Waals surface area contributed by atoms with Crippen LogP contribution in [0, 0.1) is 10.1 Å². The number of hydrogen-bond donors (Lipinski definition) is 0. The van der Waals surface area contributed by atoms with Crippen LogP contribution in [0.2, 0.25) is 0 Å². The highest BCUT2D eigenvalue weighted by molar-refractivity contribution is 7.87. The molecule has 0 fully saturated rings. The zero-order valence-electron chi connectivity index (χ0n) is 18.0. The summed E-state index contributed by atoms with van der Waals surface area (Å²) in [5, 5.41) is 10.9. The monoisotopic (exact) mass is 470 g/mol. The highest BCUT2D eigenvalue weighted by atomic mass is 32.2. The number of carbonyl (C=O) groups is 1. The van der Waals surface area contributed by atoms with Crippen LogP contribution in [0.4, 0.5) is 5.69 Å². The molecule has 3 aromatic carbocycles. The number of para-hydroxylation sites is 1. The number of carbonyl (C=O) groups excluding carboxylic acids is 1. The normalized spacial score (nSPS) is 11.0. The van der Waals surface area contributed by atoms with Crippen LogP contribution in [0.5, 0.6) is 11.5 Å². The molecule has 0 spiro atoms. The van der Waals surface area contributed by atoms with Crippen molar-refractivity contribution < 1.29 is 27.1 Å². The van der Waals surface area contributed by atoms with Crippen LogP contribution in [0.15, 0.2) is 77.7 Å². The smallest absolute Gasteiger partial charge is 0.339 e. The molecule has 3 rings (SSSR count). The van der Waals surface area contributed by atoms with E-state index in [1.165, 1.54) is 47.4 Å². The van der Waals surface area contributed by atoms with Crippen LogP contribution in [-0.4, -0.2) is 37.8 Å². The van der Waals surface area contributed by atoms with E-state index in [1.807, 2.05) is 31.2 Å². The third-order valence-corrected chi connectivity index (χ3v) is 5.89. The van der Waals surface area contributed by atoms with Gasteiger partial charge in [0.2, 0.25) is 0 Å². The number of nitro benzene ring substituents is 1.